The van der Waals surface area contributed by atoms with Crippen molar-refractivity contribution in [2.75, 3.05) is 17.7 Å². The molecule has 0 bridgehead atoms. The predicted molar refractivity (Wildman–Crippen MR) is 66.4 cm³/mol. The lowest BCUT2D eigenvalue weighted by molar-refractivity contribution is -0.122. The number of hydrogen-bond acceptors (Lipinski definition) is 4. The third kappa shape index (κ3) is 2.98. The number of aromatic nitrogens is 1. The zero-order chi connectivity index (χ0) is 13.0. The van der Waals surface area contributed by atoms with Crippen LogP contribution in [0.15, 0.2) is 29.0 Å². The fourth-order valence-corrected chi connectivity index (χ4v) is 1.46. The second kappa shape index (κ2) is 5.50. The Hall–Kier alpha value is -2.08. The minimum Gasteiger partial charge on any atom is -0.443 e. The van der Waals surface area contributed by atoms with E-state index in [9.17, 15) is 9.59 Å². The number of fused-ring (bicyclic) bond motifs is 1. The van der Waals surface area contributed by atoms with Crippen molar-refractivity contribution in [3.63, 3.8) is 0 Å². The highest BCUT2D eigenvalue weighted by molar-refractivity contribution is 6.27. The van der Waals surface area contributed by atoms with E-state index in [1.54, 1.807) is 18.2 Å². The average Bonchev–Trinajstić information content (AvgIpc) is 2.83. The summed E-state index contributed by atoms with van der Waals surface area (Å²) in [7, 11) is 0. The summed E-state index contributed by atoms with van der Waals surface area (Å²) in [5.74, 6) is -0.901. The second-order valence-corrected chi connectivity index (χ2v) is 3.76. The molecule has 2 amide bonds. The van der Waals surface area contributed by atoms with Crippen LogP contribution in [-0.2, 0) is 9.59 Å². The van der Waals surface area contributed by atoms with Gasteiger partial charge in [-0.1, -0.05) is 0 Å². The van der Waals surface area contributed by atoms with Crippen LogP contribution < -0.4 is 10.6 Å². The number of nitrogens with zero attached hydrogens (tertiary/aromatic N) is 1. The minimum absolute atomic E-state index is 0.125. The average molecular weight is 268 g/mol. The number of rotatable bonds is 4. The van der Waals surface area contributed by atoms with Crippen LogP contribution in [0.25, 0.3) is 11.1 Å². The molecule has 0 fully saturated rings. The largest absolute Gasteiger partial charge is 0.443 e. The summed E-state index contributed by atoms with van der Waals surface area (Å²) in [6.07, 6.45) is 1.33. The summed E-state index contributed by atoms with van der Waals surface area (Å²) in [5, 5.41) is 4.98. The number of halogens is 1. The lowest BCUT2D eigenvalue weighted by atomic mass is 10.3. The van der Waals surface area contributed by atoms with Crippen molar-refractivity contribution in [3.05, 3.63) is 24.6 Å². The van der Waals surface area contributed by atoms with Crippen LogP contribution in [0.1, 0.15) is 0 Å². The van der Waals surface area contributed by atoms with Crippen LogP contribution >= 0.6 is 11.6 Å². The van der Waals surface area contributed by atoms with Gasteiger partial charge in [-0.05, 0) is 12.1 Å². The Bertz CT molecular complexity index is 582. The summed E-state index contributed by atoms with van der Waals surface area (Å²) in [5.41, 5.74) is 1.87. The minimum atomic E-state index is -0.391. The van der Waals surface area contributed by atoms with Gasteiger partial charge in [-0.25, -0.2) is 4.98 Å². The molecule has 0 radical (unpaired) electrons. The standard InChI is InChI=1S/C11H10ClN3O3/c12-4-10(16)13-5-11(17)15-7-1-2-8-9(3-7)18-6-14-8/h1-3,6H,4-5H2,(H,13,16)(H,15,17). The molecule has 0 saturated heterocycles. The van der Waals surface area contributed by atoms with Crippen molar-refractivity contribution in [1.82, 2.24) is 10.3 Å². The number of alkyl halides is 1. The molecule has 0 aliphatic carbocycles. The number of anilines is 1. The van der Waals surface area contributed by atoms with Gasteiger partial charge in [-0.2, -0.15) is 0 Å². The van der Waals surface area contributed by atoms with Crippen molar-refractivity contribution in [2.24, 2.45) is 0 Å². The Balaban J connectivity index is 1.96. The molecule has 7 heteroatoms. The first kappa shape index (κ1) is 12.4. The van der Waals surface area contributed by atoms with Gasteiger partial charge in [0.2, 0.25) is 11.8 Å². The highest BCUT2D eigenvalue weighted by Crippen LogP contribution is 2.17. The third-order valence-electron chi connectivity index (χ3n) is 2.18. The molecule has 0 aliphatic rings. The summed E-state index contributed by atoms with van der Waals surface area (Å²) < 4.78 is 5.11. The van der Waals surface area contributed by atoms with Gasteiger partial charge >= 0.3 is 0 Å². The molecule has 2 aromatic rings. The van der Waals surface area contributed by atoms with Gasteiger partial charge in [0.25, 0.3) is 0 Å². The fraction of sp³-hybridized carbons (Fsp3) is 0.182. The van der Waals surface area contributed by atoms with Crippen LogP contribution in [0.4, 0.5) is 5.69 Å². The van der Waals surface area contributed by atoms with Gasteiger partial charge in [0, 0.05) is 11.8 Å². The Morgan fingerprint density at radius 2 is 2.17 bits per heavy atom. The summed E-state index contributed by atoms with van der Waals surface area (Å²) in [4.78, 5) is 26.3. The van der Waals surface area contributed by atoms with Gasteiger partial charge in [0.1, 0.15) is 11.4 Å². The maximum atomic E-state index is 11.5. The first-order valence-corrected chi connectivity index (χ1v) is 5.68. The van der Waals surface area contributed by atoms with E-state index in [0.717, 1.165) is 0 Å². The number of amides is 2. The van der Waals surface area contributed by atoms with Crippen molar-refractivity contribution in [3.8, 4) is 0 Å². The zero-order valence-corrected chi connectivity index (χ0v) is 10.0. The van der Waals surface area contributed by atoms with Crippen LogP contribution in [-0.4, -0.2) is 29.2 Å². The molecule has 1 aromatic carbocycles. The highest BCUT2D eigenvalue weighted by Gasteiger charge is 2.06. The monoisotopic (exact) mass is 267 g/mol. The molecule has 0 spiro atoms. The summed E-state index contributed by atoms with van der Waals surface area (Å²) >= 11 is 5.29. The number of carbonyl (C=O) groups excluding carboxylic acids is 2. The van der Waals surface area contributed by atoms with Crippen molar-refractivity contribution in [1.29, 1.82) is 0 Å². The van der Waals surface area contributed by atoms with E-state index in [0.29, 0.717) is 16.8 Å². The Morgan fingerprint density at radius 3 is 2.94 bits per heavy atom. The summed E-state index contributed by atoms with van der Waals surface area (Å²) in [6.45, 7) is -0.125. The first-order valence-electron chi connectivity index (χ1n) is 5.15. The number of hydrogen-bond donors (Lipinski definition) is 2. The van der Waals surface area contributed by atoms with Gasteiger partial charge in [-0.3, -0.25) is 9.59 Å². The van der Waals surface area contributed by atoms with E-state index in [4.69, 9.17) is 16.0 Å². The third-order valence-corrected chi connectivity index (χ3v) is 2.43. The van der Waals surface area contributed by atoms with Crippen LogP contribution in [0, 0.1) is 0 Å². The van der Waals surface area contributed by atoms with Gasteiger partial charge in [-0.15, -0.1) is 11.6 Å². The Morgan fingerprint density at radius 1 is 1.33 bits per heavy atom. The molecule has 1 heterocycles. The fourth-order valence-electron chi connectivity index (χ4n) is 1.36. The first-order chi connectivity index (χ1) is 8.69. The maximum absolute atomic E-state index is 11.5. The zero-order valence-electron chi connectivity index (χ0n) is 9.27. The second-order valence-electron chi connectivity index (χ2n) is 3.49. The lowest BCUT2D eigenvalue weighted by Gasteiger charge is -2.05. The molecular formula is C11H10ClN3O3. The van der Waals surface area contributed by atoms with Gasteiger partial charge < -0.3 is 15.1 Å². The van der Waals surface area contributed by atoms with E-state index in [2.05, 4.69) is 15.6 Å². The van der Waals surface area contributed by atoms with E-state index in [1.807, 2.05) is 0 Å². The molecule has 2 rings (SSSR count). The maximum Gasteiger partial charge on any atom is 0.243 e. The molecule has 6 nitrogen and oxygen atoms in total. The molecule has 0 unspecified atom stereocenters. The molecule has 18 heavy (non-hydrogen) atoms. The quantitative estimate of drug-likeness (QED) is 0.813. The smallest absolute Gasteiger partial charge is 0.243 e. The van der Waals surface area contributed by atoms with E-state index >= 15 is 0 Å². The molecule has 0 saturated carbocycles. The predicted octanol–water partition coefficient (Wildman–Crippen LogP) is 1.12. The van der Waals surface area contributed by atoms with Crippen molar-refractivity contribution < 1.29 is 14.0 Å². The number of benzene rings is 1. The topological polar surface area (TPSA) is 84.2 Å². The molecular weight excluding hydrogens is 258 g/mol. The molecule has 1 aromatic heterocycles. The van der Waals surface area contributed by atoms with Crippen LogP contribution in [0.5, 0.6) is 0 Å². The molecule has 0 aliphatic heterocycles. The van der Waals surface area contributed by atoms with E-state index < -0.39 is 5.91 Å². The van der Waals surface area contributed by atoms with E-state index in [-0.39, 0.29) is 18.3 Å². The van der Waals surface area contributed by atoms with Crippen LogP contribution in [0.3, 0.4) is 0 Å². The Kier molecular flexibility index (Phi) is 3.78. The SMILES string of the molecule is O=C(CCl)NCC(=O)Nc1ccc2ncoc2c1. The van der Waals surface area contributed by atoms with Gasteiger partial charge in [0.05, 0.1) is 6.54 Å². The number of oxazole rings is 1. The van der Waals surface area contributed by atoms with Crippen LogP contribution in [0.2, 0.25) is 0 Å². The Labute approximate surface area is 107 Å². The van der Waals surface area contributed by atoms with E-state index in [1.165, 1.54) is 6.39 Å². The number of carbonyl (C=O) groups is 2. The molecule has 0 atom stereocenters. The number of nitrogens with one attached hydrogen (secondary N) is 2. The van der Waals surface area contributed by atoms with Crippen molar-refractivity contribution >= 4 is 40.2 Å². The lowest BCUT2D eigenvalue weighted by Crippen LogP contribution is -2.33. The molecule has 94 valence electrons. The van der Waals surface area contributed by atoms with Gasteiger partial charge in [0.15, 0.2) is 12.0 Å². The summed E-state index contributed by atoms with van der Waals surface area (Å²) in [6, 6.07) is 5.08. The highest BCUT2D eigenvalue weighted by atomic mass is 35.5. The molecule has 2 N–H and O–H groups in total. The van der Waals surface area contributed by atoms with Crippen molar-refractivity contribution in [2.45, 2.75) is 0 Å². The normalized spacial score (nSPS) is 10.3.